The molecule has 0 spiro atoms. The van der Waals surface area contributed by atoms with Crippen LogP contribution in [0, 0.1) is 5.41 Å². The number of ether oxygens (including phenoxy) is 1. The Morgan fingerprint density at radius 3 is 2.00 bits per heavy atom. The Balaban J connectivity index is -0.000000180. The van der Waals surface area contributed by atoms with Crippen LogP contribution in [0.4, 0.5) is 0 Å². The molecule has 56 valence electrons. The minimum absolute atomic E-state index is 0. The maximum Gasteiger partial charge on any atom is 0.310 e. The summed E-state index contributed by atoms with van der Waals surface area (Å²) < 4.78 is 3.97. The SMILES string of the molecule is CC(=O)OC(=N)N.Cl.N. The van der Waals surface area contributed by atoms with E-state index in [2.05, 4.69) is 10.5 Å². The quantitative estimate of drug-likeness (QED) is 0.260. The second-order valence-corrected chi connectivity index (χ2v) is 0.958. The van der Waals surface area contributed by atoms with Gasteiger partial charge in [0.1, 0.15) is 0 Å². The van der Waals surface area contributed by atoms with Crippen LogP contribution in [0.3, 0.4) is 0 Å². The van der Waals surface area contributed by atoms with Gasteiger partial charge in [0.15, 0.2) is 0 Å². The monoisotopic (exact) mass is 155 g/mol. The number of amidine groups is 1. The highest BCUT2D eigenvalue weighted by atomic mass is 35.5. The molecule has 6 N–H and O–H groups in total. The average molecular weight is 156 g/mol. The number of carbonyl (C=O) groups excluding carboxylic acids is 1. The molecule has 0 aromatic carbocycles. The lowest BCUT2D eigenvalue weighted by atomic mass is 10.8. The molecule has 5 nitrogen and oxygen atoms in total. The Labute approximate surface area is 59.1 Å². The zero-order valence-corrected chi connectivity index (χ0v) is 5.83. The molecule has 0 saturated carbocycles. The molecule has 0 aliphatic rings. The van der Waals surface area contributed by atoms with Crippen molar-refractivity contribution >= 4 is 24.4 Å². The normalized spacial score (nSPS) is 5.89. The smallest absolute Gasteiger partial charge is 0.310 e. The molecule has 0 aliphatic carbocycles. The molecule has 0 fully saturated rings. The van der Waals surface area contributed by atoms with Crippen molar-refractivity contribution in [3.05, 3.63) is 0 Å². The van der Waals surface area contributed by atoms with E-state index in [1.807, 2.05) is 0 Å². The van der Waals surface area contributed by atoms with E-state index in [0.29, 0.717) is 0 Å². The molecular formula is C3H10ClN3O2. The summed E-state index contributed by atoms with van der Waals surface area (Å²) in [6, 6.07) is -0.562. The molecular weight excluding hydrogens is 146 g/mol. The van der Waals surface area contributed by atoms with Crippen molar-refractivity contribution in [2.24, 2.45) is 5.73 Å². The highest BCUT2D eigenvalue weighted by molar-refractivity contribution is 5.85. The average Bonchev–Trinajstić information content (AvgIpc) is 1.27. The number of hydrogen-bond acceptors (Lipinski definition) is 4. The molecule has 0 bridgehead atoms. The van der Waals surface area contributed by atoms with Crippen LogP contribution >= 0.6 is 12.4 Å². The Bertz CT molecular complexity index is 93.2. The lowest BCUT2D eigenvalue weighted by molar-refractivity contribution is -0.133. The standard InChI is InChI=1S/C3H6N2O2.ClH.H3N/c1-2(6)7-3(4)5;;/h1H3,(H3,4,5);1H;1H3. The van der Waals surface area contributed by atoms with E-state index in [9.17, 15) is 4.79 Å². The second kappa shape index (κ2) is 7.19. The summed E-state index contributed by atoms with van der Waals surface area (Å²) in [4.78, 5) is 9.81. The maximum atomic E-state index is 9.81. The van der Waals surface area contributed by atoms with Gasteiger partial charge in [-0.25, -0.2) is 0 Å². The molecule has 0 amide bonds. The summed E-state index contributed by atoms with van der Waals surface area (Å²) in [6.07, 6.45) is 0. The summed E-state index contributed by atoms with van der Waals surface area (Å²) in [6.45, 7) is 1.18. The van der Waals surface area contributed by atoms with E-state index in [4.69, 9.17) is 5.41 Å². The van der Waals surface area contributed by atoms with Crippen LogP contribution in [-0.4, -0.2) is 12.0 Å². The number of esters is 1. The van der Waals surface area contributed by atoms with E-state index in [1.54, 1.807) is 0 Å². The fourth-order valence-corrected chi connectivity index (χ4v) is 0.155. The van der Waals surface area contributed by atoms with Crippen molar-refractivity contribution in [2.45, 2.75) is 6.92 Å². The van der Waals surface area contributed by atoms with Crippen LogP contribution in [-0.2, 0) is 9.53 Å². The highest BCUT2D eigenvalue weighted by Gasteiger charge is 1.90. The van der Waals surface area contributed by atoms with Crippen molar-refractivity contribution in [2.75, 3.05) is 0 Å². The van der Waals surface area contributed by atoms with Crippen LogP contribution in [0.1, 0.15) is 6.92 Å². The van der Waals surface area contributed by atoms with Gasteiger partial charge in [0.25, 0.3) is 6.02 Å². The lowest BCUT2D eigenvalue weighted by Gasteiger charge is -1.91. The first-order chi connectivity index (χ1) is 3.13. The molecule has 0 saturated heterocycles. The third-order valence-electron chi connectivity index (χ3n) is 0.254. The molecule has 0 atom stereocenters. The third kappa shape index (κ3) is 19.0. The minimum Gasteiger partial charge on any atom is -0.393 e. The van der Waals surface area contributed by atoms with Crippen LogP contribution in [0.5, 0.6) is 0 Å². The molecule has 0 heterocycles. The number of nitrogens with two attached hydrogens (primary N) is 1. The van der Waals surface area contributed by atoms with Gasteiger partial charge in [0.2, 0.25) is 0 Å². The predicted molar refractivity (Wildman–Crippen MR) is 36.0 cm³/mol. The van der Waals surface area contributed by atoms with Crippen LogP contribution in [0.15, 0.2) is 0 Å². The van der Waals surface area contributed by atoms with Gasteiger partial charge < -0.3 is 16.6 Å². The second-order valence-electron chi connectivity index (χ2n) is 0.958. The molecule has 0 aromatic rings. The third-order valence-corrected chi connectivity index (χ3v) is 0.254. The van der Waals surface area contributed by atoms with E-state index in [1.165, 1.54) is 6.92 Å². The molecule has 0 aliphatic heterocycles. The van der Waals surface area contributed by atoms with Gasteiger partial charge in [-0.3, -0.25) is 10.2 Å². The van der Waals surface area contributed by atoms with Gasteiger partial charge in [-0.05, 0) is 0 Å². The lowest BCUT2D eigenvalue weighted by Crippen LogP contribution is -2.16. The molecule has 9 heavy (non-hydrogen) atoms. The van der Waals surface area contributed by atoms with E-state index >= 15 is 0 Å². The molecule has 6 heteroatoms. The zero-order chi connectivity index (χ0) is 5.86. The van der Waals surface area contributed by atoms with Gasteiger partial charge >= 0.3 is 5.97 Å². The summed E-state index contributed by atoms with van der Waals surface area (Å²) in [5.74, 6) is -0.562. The highest BCUT2D eigenvalue weighted by Crippen LogP contribution is 1.68. The van der Waals surface area contributed by atoms with Gasteiger partial charge in [-0.15, -0.1) is 12.4 Å². The summed E-state index contributed by atoms with van der Waals surface area (Å²) in [7, 11) is 0. The largest absolute Gasteiger partial charge is 0.393 e. The summed E-state index contributed by atoms with van der Waals surface area (Å²) in [5, 5.41) is 6.36. The van der Waals surface area contributed by atoms with Gasteiger partial charge in [0, 0.05) is 6.92 Å². The fraction of sp³-hybridized carbons (Fsp3) is 0.333. The Morgan fingerprint density at radius 1 is 1.67 bits per heavy atom. The fourth-order valence-electron chi connectivity index (χ4n) is 0.155. The maximum absolute atomic E-state index is 9.81. The van der Waals surface area contributed by atoms with Crippen LogP contribution in [0.2, 0.25) is 0 Å². The number of nitrogens with one attached hydrogen (secondary N) is 1. The Hall–Kier alpha value is -0.810. The van der Waals surface area contributed by atoms with E-state index in [-0.39, 0.29) is 18.6 Å². The van der Waals surface area contributed by atoms with Gasteiger partial charge in [-0.1, -0.05) is 0 Å². The molecule has 0 rings (SSSR count). The van der Waals surface area contributed by atoms with Crippen LogP contribution < -0.4 is 11.9 Å². The first kappa shape index (κ1) is 15.7. The number of rotatable bonds is 0. The first-order valence-electron chi connectivity index (χ1n) is 1.65. The first-order valence-corrected chi connectivity index (χ1v) is 1.65. The molecule has 0 radical (unpaired) electrons. The number of carbonyl (C=O) groups is 1. The summed E-state index contributed by atoms with van der Waals surface area (Å²) in [5.41, 5.74) is 4.63. The number of hydrogen-bond donors (Lipinski definition) is 3. The van der Waals surface area contributed by atoms with Gasteiger partial charge in [0.05, 0.1) is 0 Å². The summed E-state index contributed by atoms with van der Waals surface area (Å²) >= 11 is 0. The van der Waals surface area contributed by atoms with Crippen molar-refractivity contribution in [3.8, 4) is 0 Å². The molecule has 0 unspecified atom stereocenters. The van der Waals surface area contributed by atoms with Crippen molar-refractivity contribution in [1.82, 2.24) is 6.15 Å². The zero-order valence-electron chi connectivity index (χ0n) is 5.01. The van der Waals surface area contributed by atoms with Crippen molar-refractivity contribution < 1.29 is 9.53 Å². The molecule has 0 aromatic heterocycles. The minimum atomic E-state index is -0.562. The van der Waals surface area contributed by atoms with Crippen molar-refractivity contribution in [1.29, 1.82) is 5.41 Å². The topological polar surface area (TPSA) is 111 Å². The number of halogens is 1. The van der Waals surface area contributed by atoms with Gasteiger partial charge in [-0.2, -0.15) is 0 Å². The van der Waals surface area contributed by atoms with E-state index in [0.717, 1.165) is 0 Å². The van der Waals surface area contributed by atoms with E-state index < -0.39 is 12.0 Å². The Kier molecular flexibility index (Phi) is 12.6. The Morgan fingerprint density at radius 2 is 2.00 bits per heavy atom. The predicted octanol–water partition coefficient (Wildman–Crippen LogP) is 0.0268. The van der Waals surface area contributed by atoms with Crippen LogP contribution in [0.25, 0.3) is 0 Å². The van der Waals surface area contributed by atoms with Crippen molar-refractivity contribution in [3.63, 3.8) is 0 Å².